The third-order valence-corrected chi connectivity index (χ3v) is 2.04. The molecular weight excluding hydrogens is 265 g/mol. The number of hydrogen-bond acceptors (Lipinski definition) is 3. The minimum atomic E-state index is -5.10. The minimum Gasteiger partial charge on any atom is -0.331 e. The molecule has 0 bridgehead atoms. The highest BCUT2D eigenvalue weighted by Crippen LogP contribution is 2.43. The molecule has 0 unspecified atom stereocenters. The first-order chi connectivity index (χ1) is 8.20. The molecule has 0 atom stereocenters. The molecule has 1 aliphatic heterocycles. The number of amides is 1. The fourth-order valence-corrected chi connectivity index (χ4v) is 1.25. The Bertz CT molecular complexity index is 499. The fourth-order valence-electron chi connectivity index (χ4n) is 1.25. The van der Waals surface area contributed by atoms with Crippen LogP contribution in [-0.4, -0.2) is 12.1 Å². The van der Waals surface area contributed by atoms with Gasteiger partial charge in [0.1, 0.15) is 5.56 Å². The number of nitrogens with one attached hydrogen (secondary N) is 1. The number of rotatable bonds is 1. The molecule has 0 aromatic heterocycles. The van der Waals surface area contributed by atoms with Gasteiger partial charge in [0.15, 0.2) is 5.75 Å². The van der Waals surface area contributed by atoms with Crippen LogP contribution in [0.4, 0.5) is 27.6 Å². The van der Waals surface area contributed by atoms with Gasteiger partial charge in [-0.05, 0) is 18.2 Å². The molecule has 1 aromatic carbocycles. The monoisotopic (exact) mass is 269 g/mol. The Morgan fingerprint density at radius 2 is 1.94 bits per heavy atom. The summed E-state index contributed by atoms with van der Waals surface area (Å²) < 4.78 is 61.9. The van der Waals surface area contributed by atoms with Crippen LogP contribution in [0.15, 0.2) is 18.2 Å². The SMILES string of the molecule is O=C(Nc1ccc2c(c1)C(F)(F)OO2)C(F)(F)F. The maximum absolute atomic E-state index is 13.0. The Morgan fingerprint density at radius 1 is 1.28 bits per heavy atom. The Hall–Kier alpha value is -1.90. The van der Waals surface area contributed by atoms with Gasteiger partial charge in [0.05, 0.1) is 0 Å². The highest BCUT2D eigenvalue weighted by atomic mass is 19.4. The average molecular weight is 269 g/mol. The Kier molecular flexibility index (Phi) is 2.65. The number of hydrogen-bond donors (Lipinski definition) is 1. The summed E-state index contributed by atoms with van der Waals surface area (Å²) in [4.78, 5) is 18.4. The lowest BCUT2D eigenvalue weighted by Gasteiger charge is -2.09. The van der Waals surface area contributed by atoms with Gasteiger partial charge in [-0.1, -0.05) is 0 Å². The molecule has 0 fully saturated rings. The van der Waals surface area contributed by atoms with E-state index in [-0.39, 0.29) is 5.75 Å². The van der Waals surface area contributed by atoms with Crippen molar-refractivity contribution in [2.75, 3.05) is 5.32 Å². The zero-order chi connectivity index (χ0) is 13.6. The summed E-state index contributed by atoms with van der Waals surface area (Å²) in [7, 11) is 0. The lowest BCUT2D eigenvalue weighted by Crippen LogP contribution is -2.30. The molecule has 0 aliphatic carbocycles. The van der Waals surface area contributed by atoms with E-state index in [0.29, 0.717) is 6.07 Å². The van der Waals surface area contributed by atoms with Crippen LogP contribution in [0, 0.1) is 0 Å². The zero-order valence-electron chi connectivity index (χ0n) is 8.35. The molecule has 18 heavy (non-hydrogen) atoms. The normalized spacial score (nSPS) is 16.9. The second-order valence-corrected chi connectivity index (χ2v) is 3.35. The summed E-state index contributed by atoms with van der Waals surface area (Å²) >= 11 is 0. The molecule has 4 nitrogen and oxygen atoms in total. The van der Waals surface area contributed by atoms with E-state index in [4.69, 9.17) is 0 Å². The van der Waals surface area contributed by atoms with Gasteiger partial charge in [0.2, 0.25) is 0 Å². The van der Waals surface area contributed by atoms with Crippen LogP contribution in [0.25, 0.3) is 0 Å². The summed E-state index contributed by atoms with van der Waals surface area (Å²) in [5.41, 5.74) is -1.20. The Morgan fingerprint density at radius 3 is 2.56 bits per heavy atom. The summed E-state index contributed by atoms with van der Waals surface area (Å²) in [6, 6.07) is 2.58. The maximum Gasteiger partial charge on any atom is 0.471 e. The predicted octanol–water partition coefficient (Wildman–Crippen LogP) is 2.56. The molecule has 1 aromatic rings. The van der Waals surface area contributed by atoms with Crippen molar-refractivity contribution in [3.05, 3.63) is 23.8 Å². The largest absolute Gasteiger partial charge is 0.471 e. The number of anilines is 1. The minimum absolute atomic E-state index is 0.329. The number of halogens is 5. The lowest BCUT2D eigenvalue weighted by molar-refractivity contribution is -0.376. The van der Waals surface area contributed by atoms with E-state index >= 15 is 0 Å². The number of carbonyl (C=O) groups excluding carboxylic acids is 1. The number of fused-ring (bicyclic) bond motifs is 1. The van der Waals surface area contributed by atoms with E-state index in [2.05, 4.69) is 9.78 Å². The standard InChI is InChI=1S/C9H4F5NO3/c10-8(11,12)7(16)15-4-1-2-6-5(3-4)9(13,14)18-17-6/h1-3H,(H,15,16). The van der Waals surface area contributed by atoms with Crippen LogP contribution >= 0.6 is 0 Å². The number of carbonyl (C=O) groups is 1. The van der Waals surface area contributed by atoms with Gasteiger partial charge < -0.3 is 10.2 Å². The smallest absolute Gasteiger partial charge is 0.331 e. The van der Waals surface area contributed by atoms with Crippen molar-refractivity contribution in [2.24, 2.45) is 0 Å². The zero-order valence-corrected chi connectivity index (χ0v) is 8.35. The maximum atomic E-state index is 13.0. The van der Waals surface area contributed by atoms with Gasteiger partial charge in [-0.15, -0.1) is 4.89 Å². The lowest BCUT2D eigenvalue weighted by atomic mass is 10.1. The number of alkyl halides is 5. The van der Waals surface area contributed by atoms with E-state index < -0.39 is 29.4 Å². The van der Waals surface area contributed by atoms with Crippen LogP contribution < -0.4 is 10.2 Å². The van der Waals surface area contributed by atoms with E-state index in [1.165, 1.54) is 5.32 Å². The van der Waals surface area contributed by atoms with Crippen molar-refractivity contribution in [3.63, 3.8) is 0 Å². The third kappa shape index (κ3) is 2.21. The topological polar surface area (TPSA) is 47.6 Å². The van der Waals surface area contributed by atoms with Crippen molar-refractivity contribution in [1.82, 2.24) is 0 Å². The van der Waals surface area contributed by atoms with Crippen LogP contribution in [-0.2, 0) is 15.8 Å². The van der Waals surface area contributed by atoms with Crippen molar-refractivity contribution in [1.29, 1.82) is 0 Å². The second kappa shape index (κ2) is 3.80. The molecule has 1 amide bonds. The molecule has 98 valence electrons. The third-order valence-electron chi connectivity index (χ3n) is 2.04. The fraction of sp³-hybridized carbons (Fsp3) is 0.222. The van der Waals surface area contributed by atoms with Gasteiger partial charge in [-0.3, -0.25) is 4.79 Å². The second-order valence-electron chi connectivity index (χ2n) is 3.35. The summed E-state index contributed by atoms with van der Waals surface area (Å²) in [5.74, 6) is -2.59. The molecule has 1 N–H and O–H groups in total. The Labute approximate surface area is 96.2 Å². The van der Waals surface area contributed by atoms with Crippen LogP contribution in [0.3, 0.4) is 0 Å². The molecule has 9 heteroatoms. The molecule has 2 rings (SSSR count). The summed E-state index contributed by atoms with van der Waals surface area (Å²) in [6.07, 6.45) is -8.87. The van der Waals surface area contributed by atoms with Crippen LogP contribution in [0.5, 0.6) is 5.75 Å². The van der Waals surface area contributed by atoms with Gasteiger partial charge in [-0.2, -0.15) is 22.0 Å². The highest BCUT2D eigenvalue weighted by Gasteiger charge is 2.45. The average Bonchev–Trinajstić information content (AvgIpc) is 2.54. The van der Waals surface area contributed by atoms with Crippen LogP contribution in [0.1, 0.15) is 5.56 Å². The van der Waals surface area contributed by atoms with Crippen molar-refractivity contribution in [3.8, 4) is 5.75 Å². The van der Waals surface area contributed by atoms with Crippen molar-refractivity contribution < 1.29 is 36.5 Å². The van der Waals surface area contributed by atoms with E-state index in [0.717, 1.165) is 12.1 Å². The summed E-state index contributed by atoms with van der Waals surface area (Å²) in [6.45, 7) is 0. The first-order valence-electron chi connectivity index (χ1n) is 4.46. The molecular formula is C9H4F5NO3. The quantitative estimate of drug-likeness (QED) is 0.629. The molecule has 0 spiro atoms. The summed E-state index contributed by atoms with van der Waals surface area (Å²) in [5, 5.41) is 1.44. The number of benzene rings is 1. The van der Waals surface area contributed by atoms with Crippen molar-refractivity contribution in [2.45, 2.75) is 12.3 Å². The Balaban J connectivity index is 2.25. The highest BCUT2D eigenvalue weighted by molar-refractivity contribution is 5.95. The first-order valence-corrected chi connectivity index (χ1v) is 4.46. The van der Waals surface area contributed by atoms with Gasteiger partial charge in [0.25, 0.3) is 0 Å². The van der Waals surface area contributed by atoms with Gasteiger partial charge in [-0.25, -0.2) is 0 Å². The first kappa shape index (κ1) is 12.6. The molecule has 1 heterocycles. The van der Waals surface area contributed by atoms with E-state index in [1.807, 2.05) is 0 Å². The van der Waals surface area contributed by atoms with E-state index in [1.54, 1.807) is 0 Å². The molecule has 0 saturated carbocycles. The van der Waals surface area contributed by atoms with Gasteiger partial charge in [0, 0.05) is 5.69 Å². The molecule has 1 aliphatic rings. The van der Waals surface area contributed by atoms with Crippen LogP contribution in [0.2, 0.25) is 0 Å². The van der Waals surface area contributed by atoms with Crippen molar-refractivity contribution >= 4 is 11.6 Å². The van der Waals surface area contributed by atoms with E-state index in [9.17, 15) is 26.7 Å². The predicted molar refractivity (Wildman–Crippen MR) is 46.7 cm³/mol. The van der Waals surface area contributed by atoms with Gasteiger partial charge >= 0.3 is 18.2 Å². The molecule has 0 saturated heterocycles. The molecule has 0 radical (unpaired) electrons.